The van der Waals surface area contributed by atoms with Crippen LogP contribution < -0.4 is 34.3 Å². The fourth-order valence-corrected chi connectivity index (χ4v) is 1.25. The minimum atomic E-state index is -0.308. The van der Waals surface area contributed by atoms with Crippen LogP contribution in [-0.4, -0.2) is 18.7 Å². The van der Waals surface area contributed by atoms with Gasteiger partial charge in [-0.05, 0) is 17.5 Å². The van der Waals surface area contributed by atoms with Crippen LogP contribution in [0.1, 0.15) is 1.43 Å². The molecule has 0 bridgehead atoms. The Labute approximate surface area is 97.4 Å². The van der Waals surface area contributed by atoms with Crippen molar-refractivity contribution in [2.45, 2.75) is 6.10 Å². The largest absolute Gasteiger partial charge is 1.00 e. The molecule has 12 heavy (non-hydrogen) atoms. The Hall–Kier alpha value is 0.130. The Kier molecular flexibility index (Phi) is 3.74. The van der Waals surface area contributed by atoms with Gasteiger partial charge in [0.1, 0.15) is 0 Å². The SMILES string of the molecule is O=C(Oc1cccs1)C1CO1.[H-].[Na+]. The van der Waals surface area contributed by atoms with E-state index in [1.807, 2.05) is 11.4 Å². The van der Waals surface area contributed by atoms with Crippen LogP contribution in [0.4, 0.5) is 0 Å². The van der Waals surface area contributed by atoms with E-state index in [1.54, 1.807) is 6.07 Å². The second kappa shape index (κ2) is 4.39. The van der Waals surface area contributed by atoms with Crippen LogP contribution in [0.2, 0.25) is 0 Å². The molecule has 1 saturated heterocycles. The molecule has 2 heterocycles. The van der Waals surface area contributed by atoms with Crippen LogP contribution >= 0.6 is 11.3 Å². The molecule has 2 rings (SSSR count). The van der Waals surface area contributed by atoms with Crippen molar-refractivity contribution in [1.29, 1.82) is 0 Å². The fourth-order valence-electron chi connectivity index (χ4n) is 0.671. The first-order chi connectivity index (χ1) is 5.36. The van der Waals surface area contributed by atoms with Crippen molar-refractivity contribution in [2.75, 3.05) is 6.61 Å². The van der Waals surface area contributed by atoms with Crippen molar-refractivity contribution >= 4 is 17.3 Å². The van der Waals surface area contributed by atoms with Crippen LogP contribution in [0.5, 0.6) is 5.06 Å². The van der Waals surface area contributed by atoms with Crippen molar-refractivity contribution in [3.63, 3.8) is 0 Å². The first kappa shape index (κ1) is 10.2. The van der Waals surface area contributed by atoms with Gasteiger partial charge < -0.3 is 10.9 Å². The van der Waals surface area contributed by atoms with Gasteiger partial charge in [0, 0.05) is 0 Å². The van der Waals surface area contributed by atoms with Gasteiger partial charge in [-0.15, -0.1) is 11.3 Å². The maximum Gasteiger partial charge on any atom is 1.00 e. The summed E-state index contributed by atoms with van der Waals surface area (Å²) in [6.07, 6.45) is -0.308. The molecule has 1 aliphatic rings. The summed E-state index contributed by atoms with van der Waals surface area (Å²) in [6.45, 7) is 0.504. The summed E-state index contributed by atoms with van der Waals surface area (Å²) in [5.41, 5.74) is 0. The van der Waals surface area contributed by atoms with Gasteiger partial charge >= 0.3 is 35.5 Å². The molecule has 0 saturated carbocycles. The maximum atomic E-state index is 10.9. The molecular formula is C7H7NaO3S. The molecule has 0 N–H and O–H groups in total. The van der Waals surface area contributed by atoms with Gasteiger partial charge in [-0.3, -0.25) is 0 Å². The molecule has 0 aromatic carbocycles. The molecular weight excluding hydrogens is 187 g/mol. The van der Waals surface area contributed by atoms with Crippen LogP contribution in [0, 0.1) is 0 Å². The van der Waals surface area contributed by atoms with E-state index in [1.165, 1.54) is 11.3 Å². The van der Waals surface area contributed by atoms with Gasteiger partial charge in [0.05, 0.1) is 6.61 Å². The summed E-state index contributed by atoms with van der Waals surface area (Å²) in [4.78, 5) is 10.9. The minimum absolute atomic E-state index is 0. The number of esters is 1. The zero-order valence-electron chi connectivity index (χ0n) is 7.65. The summed E-state index contributed by atoms with van der Waals surface area (Å²) < 4.78 is 9.68. The quantitative estimate of drug-likeness (QED) is 0.316. The Morgan fingerprint density at radius 2 is 2.58 bits per heavy atom. The van der Waals surface area contributed by atoms with E-state index in [0.717, 1.165) is 0 Å². The van der Waals surface area contributed by atoms with Gasteiger partial charge in [0.2, 0.25) is 0 Å². The summed E-state index contributed by atoms with van der Waals surface area (Å²) in [5.74, 6) is -0.285. The average Bonchev–Trinajstić information content (AvgIpc) is 2.73. The summed E-state index contributed by atoms with van der Waals surface area (Å²) in [7, 11) is 0. The van der Waals surface area contributed by atoms with Gasteiger partial charge in [0.15, 0.2) is 11.2 Å². The number of ether oxygens (including phenoxy) is 2. The molecule has 60 valence electrons. The molecule has 1 fully saturated rings. The van der Waals surface area contributed by atoms with E-state index in [2.05, 4.69) is 0 Å². The van der Waals surface area contributed by atoms with E-state index in [4.69, 9.17) is 9.47 Å². The zero-order chi connectivity index (χ0) is 7.68. The number of thiophene rings is 1. The van der Waals surface area contributed by atoms with Crippen molar-refractivity contribution in [3.05, 3.63) is 17.5 Å². The van der Waals surface area contributed by atoms with E-state index < -0.39 is 0 Å². The molecule has 1 atom stereocenters. The van der Waals surface area contributed by atoms with Crippen LogP contribution in [0.25, 0.3) is 0 Å². The normalized spacial score (nSPS) is 19.5. The molecule has 0 spiro atoms. The molecule has 1 aliphatic heterocycles. The van der Waals surface area contributed by atoms with Gasteiger partial charge in [-0.2, -0.15) is 0 Å². The van der Waals surface area contributed by atoms with Crippen molar-refractivity contribution in [2.24, 2.45) is 0 Å². The Morgan fingerprint density at radius 3 is 3.08 bits per heavy atom. The van der Waals surface area contributed by atoms with Gasteiger partial charge in [0.25, 0.3) is 0 Å². The van der Waals surface area contributed by atoms with Crippen LogP contribution in [-0.2, 0) is 9.53 Å². The molecule has 0 amide bonds. The third kappa shape index (κ3) is 2.57. The smallest absolute Gasteiger partial charge is 1.00 e. The van der Waals surface area contributed by atoms with Crippen LogP contribution in [0.3, 0.4) is 0 Å². The second-order valence-electron chi connectivity index (χ2n) is 2.18. The summed E-state index contributed by atoms with van der Waals surface area (Å²) in [6, 6.07) is 3.59. The third-order valence-corrected chi connectivity index (χ3v) is 2.04. The third-order valence-electron chi connectivity index (χ3n) is 1.29. The van der Waals surface area contributed by atoms with Crippen molar-refractivity contribution in [1.82, 2.24) is 0 Å². The van der Waals surface area contributed by atoms with E-state index in [9.17, 15) is 4.79 Å². The molecule has 1 unspecified atom stereocenters. The molecule has 0 radical (unpaired) electrons. The maximum absolute atomic E-state index is 10.9. The van der Waals surface area contributed by atoms with E-state index >= 15 is 0 Å². The zero-order valence-corrected chi connectivity index (χ0v) is 9.47. The molecule has 0 aliphatic carbocycles. The minimum Gasteiger partial charge on any atom is -1.00 e. The molecule has 1 aromatic rings. The molecule has 1 aromatic heterocycles. The number of carbonyl (C=O) groups excluding carboxylic acids is 1. The predicted octanol–water partition coefficient (Wildman–Crippen LogP) is -1.83. The molecule has 3 nitrogen and oxygen atoms in total. The first-order valence-corrected chi connectivity index (χ1v) is 4.11. The Bertz CT molecular complexity index is 261. The van der Waals surface area contributed by atoms with Crippen LogP contribution in [0.15, 0.2) is 17.5 Å². The van der Waals surface area contributed by atoms with E-state index in [-0.39, 0.29) is 43.1 Å². The number of carbonyl (C=O) groups is 1. The number of hydrogen-bond acceptors (Lipinski definition) is 4. The Morgan fingerprint density at radius 1 is 1.83 bits per heavy atom. The average molecular weight is 194 g/mol. The number of epoxide rings is 1. The summed E-state index contributed by atoms with van der Waals surface area (Å²) >= 11 is 1.40. The second-order valence-corrected chi connectivity index (χ2v) is 3.09. The number of hydrogen-bond donors (Lipinski definition) is 0. The first-order valence-electron chi connectivity index (χ1n) is 3.23. The monoisotopic (exact) mass is 194 g/mol. The topological polar surface area (TPSA) is 38.8 Å². The van der Waals surface area contributed by atoms with Crippen molar-refractivity contribution in [3.8, 4) is 5.06 Å². The number of rotatable bonds is 2. The van der Waals surface area contributed by atoms with Crippen molar-refractivity contribution < 1.29 is 45.3 Å². The fraction of sp³-hybridized carbons (Fsp3) is 0.286. The van der Waals surface area contributed by atoms with Gasteiger partial charge in [-0.1, -0.05) is 0 Å². The summed E-state index contributed by atoms with van der Waals surface area (Å²) in [5, 5.41) is 2.49. The van der Waals surface area contributed by atoms with Gasteiger partial charge in [-0.25, -0.2) is 4.79 Å². The Balaban J connectivity index is 0.000000720. The van der Waals surface area contributed by atoms with E-state index in [0.29, 0.717) is 11.7 Å². The standard InChI is InChI=1S/C7H6O3S.Na.H/c8-7(5-4-9-5)10-6-2-1-3-11-6;;/h1-3,5H,4H2;;/q;+1;-1. The predicted molar refractivity (Wildman–Crippen MR) is 40.8 cm³/mol. The molecule has 5 heteroatoms.